The van der Waals surface area contributed by atoms with Crippen LogP contribution in [-0.2, 0) is 11.3 Å². The number of anilines is 1. The largest absolute Gasteiger partial charge is 0.379 e. The minimum absolute atomic E-state index is 0.149. The zero-order valence-corrected chi connectivity index (χ0v) is 20.9. The van der Waals surface area contributed by atoms with Crippen LogP contribution in [0.2, 0.25) is 5.02 Å². The van der Waals surface area contributed by atoms with Crippen LogP contribution in [0.4, 0.5) is 5.95 Å². The van der Waals surface area contributed by atoms with Crippen molar-refractivity contribution in [3.63, 3.8) is 0 Å². The number of ether oxygens (including phenoxy) is 1. The van der Waals surface area contributed by atoms with Gasteiger partial charge in [0, 0.05) is 64.2 Å². The quantitative estimate of drug-likeness (QED) is 0.345. The molecule has 2 N–H and O–H groups in total. The van der Waals surface area contributed by atoms with Gasteiger partial charge < -0.3 is 15.0 Å². The number of halogens is 1. The summed E-state index contributed by atoms with van der Waals surface area (Å²) in [5.74, 6) is 0.470. The fourth-order valence-electron chi connectivity index (χ4n) is 4.61. The summed E-state index contributed by atoms with van der Waals surface area (Å²) in [6, 6.07) is 11.4. The van der Waals surface area contributed by atoms with Gasteiger partial charge in [-0.1, -0.05) is 23.7 Å². The first kappa shape index (κ1) is 23.3. The second-order valence-electron chi connectivity index (χ2n) is 9.01. The zero-order chi connectivity index (χ0) is 25.4. The maximum Gasteiger partial charge on any atom is 0.260 e. The Labute approximate surface area is 217 Å². The molecule has 6 rings (SSSR count). The maximum absolute atomic E-state index is 13.9. The van der Waals surface area contributed by atoms with Gasteiger partial charge in [-0.05, 0) is 37.6 Å². The number of aromatic nitrogens is 6. The lowest BCUT2D eigenvalue weighted by Crippen LogP contribution is -2.25. The molecule has 5 aromatic rings. The highest BCUT2D eigenvalue weighted by atomic mass is 35.5. The summed E-state index contributed by atoms with van der Waals surface area (Å²) in [5.41, 5.74) is 4.73. The van der Waals surface area contributed by atoms with Crippen LogP contribution in [0.15, 0.2) is 66.0 Å². The molecule has 186 valence electrons. The molecule has 1 aliphatic rings. The molecule has 37 heavy (non-hydrogen) atoms. The Morgan fingerprint density at radius 1 is 1.16 bits per heavy atom. The Balaban J connectivity index is 1.47. The second-order valence-corrected chi connectivity index (χ2v) is 9.41. The average molecular weight is 514 g/mol. The van der Waals surface area contributed by atoms with E-state index in [1.54, 1.807) is 29.2 Å². The summed E-state index contributed by atoms with van der Waals surface area (Å²) in [5, 5.41) is 4.50. The van der Waals surface area contributed by atoms with Crippen molar-refractivity contribution in [3.8, 4) is 22.4 Å². The molecule has 9 nitrogen and oxygen atoms in total. The normalized spacial score (nSPS) is 15.4. The van der Waals surface area contributed by atoms with Crippen LogP contribution >= 0.6 is 11.6 Å². The molecule has 1 fully saturated rings. The van der Waals surface area contributed by atoms with Crippen molar-refractivity contribution in [2.45, 2.75) is 25.9 Å². The van der Waals surface area contributed by atoms with Gasteiger partial charge in [0.15, 0.2) is 0 Å². The summed E-state index contributed by atoms with van der Waals surface area (Å²) < 4.78 is 7.11. The predicted octanol–water partition coefficient (Wildman–Crippen LogP) is 4.45. The molecule has 1 aliphatic heterocycles. The number of nitrogens with one attached hydrogen (secondary N) is 2. The third kappa shape index (κ3) is 4.59. The van der Waals surface area contributed by atoms with Crippen molar-refractivity contribution >= 4 is 28.6 Å². The first-order valence-electron chi connectivity index (χ1n) is 12.0. The lowest BCUT2D eigenvalue weighted by molar-refractivity contribution is 0.195. The number of hydrogen-bond donors (Lipinski definition) is 2. The number of benzene rings is 1. The number of H-pyrrole nitrogens is 1. The number of aryl methyl sites for hydroxylation is 1. The molecule has 1 saturated heterocycles. The van der Waals surface area contributed by atoms with Gasteiger partial charge in [-0.15, -0.1) is 0 Å². The van der Waals surface area contributed by atoms with E-state index in [4.69, 9.17) is 21.3 Å². The molecular formula is C27H24ClN7O2. The third-order valence-electron chi connectivity index (χ3n) is 6.49. The highest BCUT2D eigenvalue weighted by molar-refractivity contribution is 6.33. The average Bonchev–Trinajstić information content (AvgIpc) is 3.61. The molecular weight excluding hydrogens is 490 g/mol. The minimum Gasteiger partial charge on any atom is -0.379 e. The van der Waals surface area contributed by atoms with Gasteiger partial charge in [0.2, 0.25) is 5.95 Å². The van der Waals surface area contributed by atoms with Crippen molar-refractivity contribution in [3.05, 3.63) is 87.9 Å². The Hall–Kier alpha value is -4.08. The lowest BCUT2D eigenvalue weighted by atomic mass is 10.0. The molecule has 1 aromatic carbocycles. The van der Waals surface area contributed by atoms with E-state index < -0.39 is 0 Å². The van der Waals surface area contributed by atoms with Crippen molar-refractivity contribution in [2.24, 2.45) is 0 Å². The van der Waals surface area contributed by atoms with Gasteiger partial charge in [0.1, 0.15) is 5.65 Å². The molecule has 0 radical (unpaired) electrons. The van der Waals surface area contributed by atoms with Gasteiger partial charge >= 0.3 is 0 Å². The van der Waals surface area contributed by atoms with Crippen LogP contribution < -0.4 is 10.9 Å². The van der Waals surface area contributed by atoms with E-state index >= 15 is 0 Å². The third-order valence-corrected chi connectivity index (χ3v) is 6.81. The van der Waals surface area contributed by atoms with E-state index in [9.17, 15) is 4.79 Å². The van der Waals surface area contributed by atoms with E-state index in [1.807, 2.05) is 43.5 Å². The molecule has 10 heteroatoms. The highest BCUT2D eigenvalue weighted by Gasteiger charge is 2.19. The molecule has 0 spiro atoms. The van der Waals surface area contributed by atoms with E-state index in [2.05, 4.69) is 25.3 Å². The van der Waals surface area contributed by atoms with Gasteiger partial charge in [-0.3, -0.25) is 19.3 Å². The van der Waals surface area contributed by atoms with E-state index in [0.717, 1.165) is 34.5 Å². The number of fused-ring (bicyclic) bond motifs is 1. The smallest absolute Gasteiger partial charge is 0.260 e. The summed E-state index contributed by atoms with van der Waals surface area (Å²) >= 11 is 6.75. The summed E-state index contributed by atoms with van der Waals surface area (Å²) in [6.45, 7) is 3.55. The molecule has 0 bridgehead atoms. The maximum atomic E-state index is 13.9. The van der Waals surface area contributed by atoms with Crippen molar-refractivity contribution in [2.75, 3.05) is 18.5 Å². The standard InChI is InChI=1S/C27H24ClN7O2/c1-16-24(31-9-8-29-16)17-4-5-21(23(28)12-17)22-11-18-13-32-27(33-20-6-10-37-15-20)34-25(18)35(26(22)36)14-19-3-2-7-30-19/h2-5,7-9,11-13,20,30H,6,10,14-15H2,1H3,(H,32,33,34). The van der Waals surface area contributed by atoms with Crippen LogP contribution in [0, 0.1) is 6.92 Å². The van der Waals surface area contributed by atoms with Crippen LogP contribution in [0.1, 0.15) is 17.8 Å². The molecule has 1 atom stereocenters. The van der Waals surface area contributed by atoms with Gasteiger partial charge in [0.25, 0.3) is 5.56 Å². The molecule has 4 aromatic heterocycles. The Morgan fingerprint density at radius 3 is 2.81 bits per heavy atom. The second kappa shape index (κ2) is 9.76. The van der Waals surface area contributed by atoms with Gasteiger partial charge in [-0.2, -0.15) is 4.98 Å². The van der Waals surface area contributed by atoms with Gasteiger partial charge in [0.05, 0.1) is 30.6 Å². The fourth-order valence-corrected chi connectivity index (χ4v) is 4.89. The molecule has 0 aliphatic carbocycles. The summed E-state index contributed by atoms with van der Waals surface area (Å²) in [4.78, 5) is 35.0. The van der Waals surface area contributed by atoms with Crippen molar-refractivity contribution in [1.82, 2.24) is 29.5 Å². The highest BCUT2D eigenvalue weighted by Crippen LogP contribution is 2.32. The molecule has 5 heterocycles. The number of aromatic amines is 1. The Bertz CT molecular complexity index is 1640. The monoisotopic (exact) mass is 513 g/mol. The summed E-state index contributed by atoms with van der Waals surface area (Å²) in [6.07, 6.45) is 7.76. The molecule has 0 saturated carbocycles. The minimum atomic E-state index is -0.193. The number of hydrogen-bond acceptors (Lipinski definition) is 7. The number of rotatable bonds is 6. The number of pyridine rings is 1. The first-order valence-corrected chi connectivity index (χ1v) is 12.4. The lowest BCUT2D eigenvalue weighted by Gasteiger charge is -2.15. The van der Waals surface area contributed by atoms with Crippen LogP contribution in [0.25, 0.3) is 33.4 Å². The topological polar surface area (TPSA) is 111 Å². The zero-order valence-electron chi connectivity index (χ0n) is 20.1. The Morgan fingerprint density at radius 2 is 2.05 bits per heavy atom. The van der Waals surface area contributed by atoms with E-state index in [0.29, 0.717) is 47.5 Å². The van der Waals surface area contributed by atoms with Crippen molar-refractivity contribution in [1.29, 1.82) is 0 Å². The predicted molar refractivity (Wildman–Crippen MR) is 143 cm³/mol. The number of nitrogens with zero attached hydrogens (tertiary/aromatic N) is 5. The first-order chi connectivity index (χ1) is 18.1. The summed E-state index contributed by atoms with van der Waals surface area (Å²) in [7, 11) is 0. The van der Waals surface area contributed by atoms with Crippen molar-refractivity contribution < 1.29 is 4.74 Å². The molecule has 1 unspecified atom stereocenters. The fraction of sp³-hybridized carbons (Fsp3) is 0.222. The van der Waals surface area contributed by atoms with Gasteiger partial charge in [-0.25, -0.2) is 4.98 Å². The molecule has 0 amide bonds. The van der Waals surface area contributed by atoms with Crippen LogP contribution in [0.3, 0.4) is 0 Å². The van der Waals surface area contributed by atoms with E-state index in [1.165, 1.54) is 0 Å². The SMILES string of the molecule is Cc1nccnc1-c1ccc(-c2cc3cnc(NC4CCOC4)nc3n(Cc3ccc[nH]3)c2=O)c(Cl)c1. The van der Waals surface area contributed by atoms with Crippen LogP contribution in [0.5, 0.6) is 0 Å². The van der Waals surface area contributed by atoms with E-state index in [-0.39, 0.29) is 11.6 Å². The Kier molecular flexibility index (Phi) is 6.15. The van der Waals surface area contributed by atoms with Crippen LogP contribution in [-0.4, -0.2) is 48.7 Å².